The van der Waals surface area contributed by atoms with E-state index in [2.05, 4.69) is 10.5 Å². The Morgan fingerprint density at radius 3 is 2.53 bits per heavy atom. The van der Waals surface area contributed by atoms with Crippen LogP contribution < -0.4 is 5.32 Å². The normalized spacial score (nSPS) is 19.1. The third-order valence-electron chi connectivity index (χ3n) is 6.28. The van der Waals surface area contributed by atoms with E-state index in [9.17, 15) is 17.6 Å². The lowest BCUT2D eigenvalue weighted by Crippen LogP contribution is -2.45. The fourth-order valence-electron chi connectivity index (χ4n) is 4.45. The minimum absolute atomic E-state index is 0.0149. The van der Waals surface area contributed by atoms with Crippen LogP contribution in [0.25, 0.3) is 12.2 Å². The van der Waals surface area contributed by atoms with E-state index in [0.29, 0.717) is 18.4 Å². The summed E-state index contributed by atoms with van der Waals surface area (Å²) in [4.78, 5) is 12.5. The van der Waals surface area contributed by atoms with E-state index in [0.717, 1.165) is 25.7 Å². The van der Waals surface area contributed by atoms with Gasteiger partial charge >= 0.3 is 0 Å². The minimum Gasteiger partial charge on any atom is -0.355 e. The SMILES string of the molecule is Cc1noc(/C=C/c2ccccc2F)c1S(=O)(=O)N1CCC(C(=O)NC2CCCC2)CC1. The van der Waals surface area contributed by atoms with Gasteiger partial charge in [-0.05, 0) is 50.8 Å². The Bertz CT molecular complexity index is 1100. The highest BCUT2D eigenvalue weighted by Crippen LogP contribution is 2.30. The van der Waals surface area contributed by atoms with Gasteiger partial charge in [-0.15, -0.1) is 0 Å². The number of carbonyl (C=O) groups excluding carboxylic acids is 1. The summed E-state index contributed by atoms with van der Waals surface area (Å²) < 4.78 is 47.2. The maximum Gasteiger partial charge on any atom is 0.248 e. The van der Waals surface area contributed by atoms with E-state index < -0.39 is 15.8 Å². The second-order valence-corrected chi connectivity index (χ2v) is 10.4. The van der Waals surface area contributed by atoms with Gasteiger partial charge in [0.15, 0.2) is 10.7 Å². The number of aryl methyl sites for hydroxylation is 1. The van der Waals surface area contributed by atoms with Crippen LogP contribution >= 0.6 is 0 Å². The molecule has 0 bridgehead atoms. The van der Waals surface area contributed by atoms with Gasteiger partial charge < -0.3 is 9.84 Å². The maximum atomic E-state index is 13.9. The minimum atomic E-state index is -3.87. The molecule has 32 heavy (non-hydrogen) atoms. The molecule has 0 radical (unpaired) electrons. The highest BCUT2D eigenvalue weighted by Gasteiger charge is 2.36. The topological polar surface area (TPSA) is 92.5 Å². The van der Waals surface area contributed by atoms with Crippen molar-refractivity contribution in [1.82, 2.24) is 14.8 Å². The number of sulfonamides is 1. The van der Waals surface area contributed by atoms with Gasteiger partial charge in [-0.2, -0.15) is 4.31 Å². The van der Waals surface area contributed by atoms with Gasteiger partial charge in [-0.1, -0.05) is 36.2 Å². The predicted molar refractivity (Wildman–Crippen MR) is 118 cm³/mol. The molecule has 1 aliphatic carbocycles. The zero-order chi connectivity index (χ0) is 22.7. The first kappa shape index (κ1) is 22.7. The summed E-state index contributed by atoms with van der Waals surface area (Å²) in [7, 11) is -3.87. The van der Waals surface area contributed by atoms with Gasteiger partial charge in [0, 0.05) is 30.6 Å². The molecule has 0 spiro atoms. The summed E-state index contributed by atoms with van der Waals surface area (Å²) in [5, 5.41) is 6.94. The maximum absolute atomic E-state index is 13.9. The van der Waals surface area contributed by atoms with Crippen molar-refractivity contribution >= 4 is 28.1 Å². The summed E-state index contributed by atoms with van der Waals surface area (Å²) in [5.41, 5.74) is 0.568. The van der Waals surface area contributed by atoms with E-state index >= 15 is 0 Å². The van der Waals surface area contributed by atoms with Crippen LogP contribution in [-0.4, -0.2) is 42.9 Å². The van der Waals surface area contributed by atoms with Crippen molar-refractivity contribution in [2.45, 2.75) is 56.4 Å². The number of halogens is 1. The number of hydrogen-bond donors (Lipinski definition) is 1. The molecule has 9 heteroatoms. The number of carbonyl (C=O) groups is 1. The molecule has 1 aromatic carbocycles. The number of aromatic nitrogens is 1. The van der Waals surface area contributed by atoms with Crippen LogP contribution in [-0.2, 0) is 14.8 Å². The molecular weight excluding hydrogens is 433 g/mol. The van der Waals surface area contributed by atoms with Crippen molar-refractivity contribution in [3.8, 4) is 0 Å². The fourth-order valence-corrected chi connectivity index (χ4v) is 6.17. The summed E-state index contributed by atoms with van der Waals surface area (Å²) in [5.74, 6) is -0.496. The quantitative estimate of drug-likeness (QED) is 0.707. The summed E-state index contributed by atoms with van der Waals surface area (Å²) in [6, 6.07) is 6.45. The van der Waals surface area contributed by atoms with E-state index in [1.807, 2.05) is 0 Å². The molecule has 0 atom stereocenters. The van der Waals surface area contributed by atoms with Crippen molar-refractivity contribution in [3.05, 3.63) is 47.1 Å². The fraction of sp³-hybridized carbons (Fsp3) is 0.478. The third-order valence-corrected chi connectivity index (χ3v) is 8.33. The highest BCUT2D eigenvalue weighted by atomic mass is 32.2. The van der Waals surface area contributed by atoms with Gasteiger partial charge in [0.05, 0.1) is 0 Å². The molecule has 2 aliphatic rings. The average molecular weight is 462 g/mol. The lowest BCUT2D eigenvalue weighted by atomic mass is 9.97. The van der Waals surface area contributed by atoms with Crippen molar-refractivity contribution in [2.24, 2.45) is 5.92 Å². The van der Waals surface area contributed by atoms with Crippen LogP contribution in [0.3, 0.4) is 0 Å². The van der Waals surface area contributed by atoms with Crippen LogP contribution in [0.5, 0.6) is 0 Å². The van der Waals surface area contributed by atoms with Gasteiger partial charge in [0.25, 0.3) is 0 Å². The molecule has 172 valence electrons. The number of piperidine rings is 1. The number of nitrogens with zero attached hydrogens (tertiary/aromatic N) is 2. The Balaban J connectivity index is 1.46. The lowest BCUT2D eigenvalue weighted by Gasteiger charge is -2.31. The zero-order valence-electron chi connectivity index (χ0n) is 18.1. The van der Waals surface area contributed by atoms with Crippen molar-refractivity contribution < 1.29 is 22.1 Å². The van der Waals surface area contributed by atoms with E-state index in [-0.39, 0.29) is 47.3 Å². The molecule has 2 fully saturated rings. The summed E-state index contributed by atoms with van der Waals surface area (Å²) in [6.07, 6.45) is 8.18. The van der Waals surface area contributed by atoms with Gasteiger partial charge in [0.1, 0.15) is 11.5 Å². The molecule has 1 aromatic heterocycles. The highest BCUT2D eigenvalue weighted by molar-refractivity contribution is 7.89. The van der Waals surface area contributed by atoms with E-state index in [4.69, 9.17) is 4.52 Å². The number of nitrogens with one attached hydrogen (secondary N) is 1. The molecule has 1 aliphatic heterocycles. The molecular formula is C23H28FN3O4S. The predicted octanol–water partition coefficient (Wildman–Crippen LogP) is 3.75. The molecule has 1 saturated heterocycles. The monoisotopic (exact) mass is 461 g/mol. The van der Waals surface area contributed by atoms with Crippen molar-refractivity contribution in [1.29, 1.82) is 0 Å². The smallest absolute Gasteiger partial charge is 0.248 e. The molecule has 1 N–H and O–H groups in total. The van der Waals surface area contributed by atoms with Crippen molar-refractivity contribution in [2.75, 3.05) is 13.1 Å². The third kappa shape index (κ3) is 4.78. The molecule has 1 amide bonds. The first-order chi connectivity index (χ1) is 15.4. The first-order valence-corrected chi connectivity index (χ1v) is 12.5. The Morgan fingerprint density at radius 1 is 1.16 bits per heavy atom. The Morgan fingerprint density at radius 2 is 1.84 bits per heavy atom. The van der Waals surface area contributed by atoms with Crippen LogP contribution in [0.4, 0.5) is 4.39 Å². The lowest BCUT2D eigenvalue weighted by molar-refractivity contribution is -0.126. The number of hydrogen-bond acceptors (Lipinski definition) is 5. The average Bonchev–Trinajstić information content (AvgIpc) is 3.43. The molecule has 0 unspecified atom stereocenters. The van der Waals surface area contributed by atoms with Crippen LogP contribution in [0.2, 0.25) is 0 Å². The van der Waals surface area contributed by atoms with Crippen LogP contribution in [0.15, 0.2) is 33.7 Å². The van der Waals surface area contributed by atoms with Gasteiger partial charge in [-0.3, -0.25) is 4.79 Å². The Kier molecular flexibility index (Phi) is 6.76. The summed E-state index contributed by atoms with van der Waals surface area (Å²) >= 11 is 0. The largest absolute Gasteiger partial charge is 0.355 e. The van der Waals surface area contributed by atoms with E-state index in [1.54, 1.807) is 25.1 Å². The van der Waals surface area contributed by atoms with Crippen molar-refractivity contribution in [3.63, 3.8) is 0 Å². The Hall–Kier alpha value is -2.52. The first-order valence-electron chi connectivity index (χ1n) is 11.1. The van der Waals surface area contributed by atoms with Crippen LogP contribution in [0, 0.1) is 18.7 Å². The van der Waals surface area contributed by atoms with Gasteiger partial charge in [-0.25, -0.2) is 12.8 Å². The number of amides is 1. The molecule has 2 aromatic rings. The second kappa shape index (κ2) is 9.54. The van der Waals surface area contributed by atoms with Crippen LogP contribution in [0.1, 0.15) is 55.5 Å². The van der Waals surface area contributed by atoms with E-state index in [1.165, 1.54) is 22.5 Å². The zero-order valence-corrected chi connectivity index (χ0v) is 18.9. The standard InChI is InChI=1S/C23H28FN3O4S/c1-16-22(21(31-26-16)11-10-17-6-2-5-9-20(17)24)32(29,30)27-14-12-18(13-15-27)23(28)25-19-7-3-4-8-19/h2,5-6,9-11,18-19H,3-4,7-8,12-15H2,1H3,(H,25,28)/b11-10+. The molecule has 2 heterocycles. The molecule has 7 nitrogen and oxygen atoms in total. The van der Waals surface area contributed by atoms with Gasteiger partial charge in [0.2, 0.25) is 15.9 Å². The number of rotatable bonds is 6. The summed E-state index contributed by atoms with van der Waals surface area (Å²) in [6.45, 7) is 2.08. The molecule has 4 rings (SSSR count). The second-order valence-electron chi connectivity index (χ2n) is 8.48. The number of benzene rings is 1. The molecule has 1 saturated carbocycles. The Labute approximate surface area is 187 Å².